The summed E-state index contributed by atoms with van der Waals surface area (Å²) in [5, 5.41) is 4.96. The molecule has 2 aromatic carbocycles. The molecule has 29 heavy (non-hydrogen) atoms. The van der Waals surface area contributed by atoms with Crippen LogP contribution in [0.5, 0.6) is 0 Å². The summed E-state index contributed by atoms with van der Waals surface area (Å²) in [5.41, 5.74) is 2.50. The van der Waals surface area contributed by atoms with Crippen LogP contribution < -0.4 is 5.32 Å². The number of aromatic nitrogens is 3. The Morgan fingerprint density at radius 3 is 2.59 bits per heavy atom. The highest BCUT2D eigenvalue weighted by atomic mass is 35.5. The number of rotatable bonds is 5. The van der Waals surface area contributed by atoms with Gasteiger partial charge in [-0.15, -0.1) is 0 Å². The normalized spacial score (nSPS) is 11.7. The summed E-state index contributed by atoms with van der Waals surface area (Å²) >= 11 is 6.02. The maximum Gasteiger partial charge on any atom is 0.416 e. The van der Waals surface area contributed by atoms with E-state index in [0.29, 0.717) is 23.7 Å². The highest BCUT2D eigenvalue weighted by molar-refractivity contribution is 6.31. The van der Waals surface area contributed by atoms with Crippen LogP contribution >= 0.6 is 11.6 Å². The molecule has 0 amide bonds. The van der Waals surface area contributed by atoms with Crippen molar-refractivity contribution in [3.05, 3.63) is 77.8 Å². The van der Waals surface area contributed by atoms with Gasteiger partial charge in [-0.2, -0.15) is 13.2 Å². The van der Waals surface area contributed by atoms with Gasteiger partial charge in [0.2, 0.25) is 0 Å². The molecular formula is C21H16ClF3N4. The molecule has 0 aliphatic rings. The maximum absolute atomic E-state index is 12.8. The molecule has 148 valence electrons. The highest BCUT2D eigenvalue weighted by Gasteiger charge is 2.30. The van der Waals surface area contributed by atoms with E-state index in [0.717, 1.165) is 34.4 Å². The van der Waals surface area contributed by atoms with E-state index in [4.69, 9.17) is 11.6 Å². The predicted molar refractivity (Wildman–Crippen MR) is 108 cm³/mol. The van der Waals surface area contributed by atoms with E-state index in [1.807, 2.05) is 22.8 Å². The molecule has 4 rings (SSSR count). The van der Waals surface area contributed by atoms with Gasteiger partial charge in [0, 0.05) is 35.4 Å². The fourth-order valence-corrected chi connectivity index (χ4v) is 3.32. The van der Waals surface area contributed by atoms with E-state index in [-0.39, 0.29) is 0 Å². The zero-order chi connectivity index (χ0) is 20.4. The highest BCUT2D eigenvalue weighted by Crippen LogP contribution is 2.31. The summed E-state index contributed by atoms with van der Waals surface area (Å²) < 4.78 is 40.2. The van der Waals surface area contributed by atoms with Crippen molar-refractivity contribution >= 4 is 28.2 Å². The lowest BCUT2D eigenvalue weighted by molar-refractivity contribution is -0.137. The number of nitrogens with one attached hydrogen (secondary N) is 1. The molecule has 0 radical (unpaired) electrons. The molecule has 8 heteroatoms. The first-order chi connectivity index (χ1) is 13.9. The molecule has 0 fully saturated rings. The molecule has 2 aromatic heterocycles. The van der Waals surface area contributed by atoms with E-state index in [2.05, 4.69) is 15.3 Å². The molecule has 0 spiro atoms. The fourth-order valence-electron chi connectivity index (χ4n) is 3.16. The average Bonchev–Trinajstić information content (AvgIpc) is 3.16. The Morgan fingerprint density at radius 1 is 1.03 bits per heavy atom. The predicted octanol–water partition coefficient (Wildman–Crippen LogP) is 5.88. The largest absolute Gasteiger partial charge is 0.416 e. The van der Waals surface area contributed by atoms with Crippen LogP contribution in [0.25, 0.3) is 22.2 Å². The third-order valence-electron chi connectivity index (χ3n) is 4.59. The quantitative estimate of drug-likeness (QED) is 0.441. The number of benzene rings is 2. The van der Waals surface area contributed by atoms with Crippen LogP contribution in [-0.2, 0) is 12.7 Å². The summed E-state index contributed by atoms with van der Waals surface area (Å²) in [5.74, 6) is 0. The SMILES string of the molecule is FC(F)(F)c1ccc(-c2cncn2CCNc2ccnc3cc(Cl)ccc23)cc1. The van der Waals surface area contributed by atoms with Gasteiger partial charge in [0.05, 0.1) is 29.3 Å². The molecule has 1 N–H and O–H groups in total. The molecule has 0 unspecified atom stereocenters. The molecule has 0 aliphatic carbocycles. The minimum atomic E-state index is -4.35. The van der Waals surface area contributed by atoms with Gasteiger partial charge in [0.1, 0.15) is 0 Å². The van der Waals surface area contributed by atoms with Crippen LogP contribution in [0.3, 0.4) is 0 Å². The Balaban J connectivity index is 1.48. The van der Waals surface area contributed by atoms with Gasteiger partial charge >= 0.3 is 6.18 Å². The number of hydrogen-bond acceptors (Lipinski definition) is 3. The molecule has 0 saturated heterocycles. The summed E-state index contributed by atoms with van der Waals surface area (Å²) in [7, 11) is 0. The van der Waals surface area contributed by atoms with Gasteiger partial charge in [0.25, 0.3) is 0 Å². The van der Waals surface area contributed by atoms with Crippen molar-refractivity contribution in [2.24, 2.45) is 0 Å². The summed E-state index contributed by atoms with van der Waals surface area (Å²) in [6, 6.07) is 12.5. The molecule has 0 saturated carbocycles. The number of fused-ring (bicyclic) bond motifs is 1. The first-order valence-electron chi connectivity index (χ1n) is 8.88. The minimum absolute atomic E-state index is 0.591. The third-order valence-corrected chi connectivity index (χ3v) is 4.83. The van der Waals surface area contributed by atoms with E-state index in [9.17, 15) is 13.2 Å². The first kappa shape index (κ1) is 19.3. The van der Waals surface area contributed by atoms with E-state index in [1.165, 1.54) is 12.1 Å². The molecule has 0 atom stereocenters. The van der Waals surface area contributed by atoms with Gasteiger partial charge in [0.15, 0.2) is 0 Å². The van der Waals surface area contributed by atoms with Gasteiger partial charge in [-0.25, -0.2) is 4.98 Å². The van der Waals surface area contributed by atoms with Crippen molar-refractivity contribution < 1.29 is 13.2 Å². The summed E-state index contributed by atoms with van der Waals surface area (Å²) in [4.78, 5) is 8.46. The van der Waals surface area contributed by atoms with Crippen molar-refractivity contribution in [2.45, 2.75) is 12.7 Å². The lowest BCUT2D eigenvalue weighted by Crippen LogP contribution is -2.11. The maximum atomic E-state index is 12.8. The summed E-state index contributed by atoms with van der Waals surface area (Å²) in [6.07, 6.45) is 0.678. The van der Waals surface area contributed by atoms with Crippen LogP contribution in [0, 0.1) is 0 Å². The van der Waals surface area contributed by atoms with Crippen LogP contribution in [0.2, 0.25) is 5.02 Å². The second-order valence-corrected chi connectivity index (χ2v) is 6.93. The van der Waals surface area contributed by atoms with Crippen molar-refractivity contribution in [3.63, 3.8) is 0 Å². The Bertz CT molecular complexity index is 1140. The lowest BCUT2D eigenvalue weighted by atomic mass is 10.1. The van der Waals surface area contributed by atoms with Crippen molar-refractivity contribution in [1.82, 2.24) is 14.5 Å². The standard InChI is InChI=1S/C21H16ClF3N4/c22-16-5-6-17-18(7-8-27-19(17)11-16)28-9-10-29-13-26-12-20(29)14-1-3-15(4-2-14)21(23,24)25/h1-8,11-13H,9-10H2,(H,27,28). The number of halogens is 4. The first-order valence-corrected chi connectivity index (χ1v) is 9.25. The second kappa shape index (κ2) is 7.75. The number of anilines is 1. The van der Waals surface area contributed by atoms with Crippen LogP contribution in [0.4, 0.5) is 18.9 Å². The fraction of sp³-hybridized carbons (Fsp3) is 0.143. The Hall–Kier alpha value is -3.06. The zero-order valence-electron chi connectivity index (χ0n) is 15.1. The Morgan fingerprint density at radius 2 is 1.83 bits per heavy atom. The van der Waals surface area contributed by atoms with E-state index >= 15 is 0 Å². The molecule has 0 aliphatic heterocycles. The van der Waals surface area contributed by atoms with E-state index < -0.39 is 11.7 Å². The van der Waals surface area contributed by atoms with Crippen molar-refractivity contribution in [3.8, 4) is 11.3 Å². The average molecular weight is 417 g/mol. The number of nitrogens with zero attached hydrogens (tertiary/aromatic N) is 3. The van der Waals surface area contributed by atoms with Gasteiger partial charge in [-0.3, -0.25) is 4.98 Å². The topological polar surface area (TPSA) is 42.7 Å². The molecule has 2 heterocycles. The number of pyridine rings is 1. The van der Waals surface area contributed by atoms with Crippen molar-refractivity contribution in [2.75, 3.05) is 11.9 Å². The number of alkyl halides is 3. The van der Waals surface area contributed by atoms with Crippen LogP contribution in [0.1, 0.15) is 5.56 Å². The molecular weight excluding hydrogens is 401 g/mol. The third kappa shape index (κ3) is 4.19. The monoisotopic (exact) mass is 416 g/mol. The Kier molecular flexibility index (Phi) is 5.15. The Labute approximate surface area is 170 Å². The van der Waals surface area contributed by atoms with Gasteiger partial charge in [-0.1, -0.05) is 23.7 Å². The zero-order valence-corrected chi connectivity index (χ0v) is 15.9. The van der Waals surface area contributed by atoms with Crippen molar-refractivity contribution in [1.29, 1.82) is 0 Å². The van der Waals surface area contributed by atoms with Gasteiger partial charge in [-0.05, 0) is 42.0 Å². The minimum Gasteiger partial charge on any atom is -0.383 e. The smallest absolute Gasteiger partial charge is 0.383 e. The second-order valence-electron chi connectivity index (χ2n) is 6.49. The lowest BCUT2D eigenvalue weighted by Gasteiger charge is -2.12. The number of imidazole rings is 1. The molecule has 4 nitrogen and oxygen atoms in total. The van der Waals surface area contributed by atoms with E-state index in [1.54, 1.807) is 24.8 Å². The van der Waals surface area contributed by atoms with Crippen LogP contribution in [0.15, 0.2) is 67.3 Å². The summed E-state index contributed by atoms with van der Waals surface area (Å²) in [6.45, 7) is 1.19. The molecule has 4 aromatic rings. The number of hydrogen-bond donors (Lipinski definition) is 1. The van der Waals surface area contributed by atoms with Gasteiger partial charge < -0.3 is 9.88 Å². The van der Waals surface area contributed by atoms with Crippen LogP contribution in [-0.4, -0.2) is 21.1 Å². The molecule has 0 bridgehead atoms.